The number of aromatic nitrogens is 2. The molecule has 0 fully saturated rings. The first-order valence-corrected chi connectivity index (χ1v) is 6.26. The fourth-order valence-corrected chi connectivity index (χ4v) is 1.76. The van der Waals surface area contributed by atoms with Gasteiger partial charge in [-0.2, -0.15) is 4.98 Å². The minimum absolute atomic E-state index is 0.0227. The van der Waals surface area contributed by atoms with Gasteiger partial charge >= 0.3 is 0 Å². The van der Waals surface area contributed by atoms with Crippen molar-refractivity contribution in [2.24, 2.45) is 5.73 Å². The number of hydrogen-bond acceptors (Lipinski definition) is 5. The second-order valence-electron chi connectivity index (χ2n) is 4.45. The first-order chi connectivity index (χ1) is 10.0. The van der Waals surface area contributed by atoms with Crippen molar-refractivity contribution in [2.45, 2.75) is 18.9 Å². The molecule has 5 nitrogen and oxygen atoms in total. The summed E-state index contributed by atoms with van der Waals surface area (Å²) in [6, 6.07) is 1.09. The van der Waals surface area contributed by atoms with Crippen molar-refractivity contribution < 1.29 is 22.4 Å². The number of hydrogen-bond donors (Lipinski definition) is 1. The topological polar surface area (TPSA) is 74.2 Å². The van der Waals surface area contributed by atoms with Crippen molar-refractivity contribution in [1.82, 2.24) is 10.1 Å². The second-order valence-corrected chi connectivity index (χ2v) is 4.45. The molecule has 21 heavy (non-hydrogen) atoms. The van der Waals surface area contributed by atoms with E-state index in [0.717, 1.165) is 12.1 Å². The van der Waals surface area contributed by atoms with Gasteiger partial charge in [-0.05, 0) is 25.0 Å². The minimum atomic E-state index is -1.54. The largest absolute Gasteiger partial charge is 0.385 e. The van der Waals surface area contributed by atoms with Crippen LogP contribution in [0.15, 0.2) is 16.7 Å². The molecule has 2 rings (SSSR count). The lowest BCUT2D eigenvalue weighted by Crippen LogP contribution is -2.11. The quantitative estimate of drug-likeness (QED) is 0.655. The van der Waals surface area contributed by atoms with Gasteiger partial charge in [0.05, 0.1) is 6.04 Å². The summed E-state index contributed by atoms with van der Waals surface area (Å²) in [6.45, 7) is 0.545. The molecular formula is C13H14F3N3O2. The predicted octanol–water partition coefficient (Wildman–Crippen LogP) is 2.58. The summed E-state index contributed by atoms with van der Waals surface area (Å²) in [7, 11) is 1.58. The molecule has 1 atom stereocenters. The van der Waals surface area contributed by atoms with Crippen LogP contribution in [0.25, 0.3) is 11.4 Å². The van der Waals surface area contributed by atoms with Gasteiger partial charge < -0.3 is 15.0 Å². The molecule has 0 radical (unpaired) electrons. The summed E-state index contributed by atoms with van der Waals surface area (Å²) >= 11 is 0. The Hall–Kier alpha value is -1.93. The first kappa shape index (κ1) is 15.5. The zero-order chi connectivity index (χ0) is 15.4. The van der Waals surface area contributed by atoms with Crippen LogP contribution in [-0.4, -0.2) is 23.9 Å². The third-order valence-electron chi connectivity index (χ3n) is 2.86. The Morgan fingerprint density at radius 2 is 1.95 bits per heavy atom. The zero-order valence-electron chi connectivity index (χ0n) is 11.3. The fourth-order valence-electron chi connectivity index (χ4n) is 1.76. The average molecular weight is 301 g/mol. The van der Waals surface area contributed by atoms with E-state index in [0.29, 0.717) is 19.4 Å². The summed E-state index contributed by atoms with van der Waals surface area (Å²) in [5, 5.41) is 3.59. The van der Waals surface area contributed by atoms with Gasteiger partial charge in [0.25, 0.3) is 0 Å². The van der Waals surface area contributed by atoms with Crippen molar-refractivity contribution in [1.29, 1.82) is 0 Å². The Balaban J connectivity index is 2.16. The summed E-state index contributed by atoms with van der Waals surface area (Å²) in [5.74, 6) is -4.09. The SMILES string of the molecule is COCCCC(N)c1nc(-c2cc(F)c(F)c(F)c2)no1. The molecule has 0 aliphatic heterocycles. The van der Waals surface area contributed by atoms with E-state index in [4.69, 9.17) is 15.0 Å². The van der Waals surface area contributed by atoms with Crippen LogP contribution >= 0.6 is 0 Å². The standard InChI is InChI=1S/C13H14F3N3O2/c1-20-4-2-3-10(17)13-18-12(19-21-13)7-5-8(14)11(16)9(15)6-7/h5-6,10H,2-4,17H2,1H3. The molecule has 1 unspecified atom stereocenters. The number of rotatable bonds is 6. The Kier molecular flexibility index (Phi) is 4.92. The highest BCUT2D eigenvalue weighted by molar-refractivity contribution is 5.54. The number of ether oxygens (including phenoxy) is 1. The fraction of sp³-hybridized carbons (Fsp3) is 0.385. The molecule has 0 aliphatic carbocycles. The molecule has 0 saturated carbocycles. The number of nitrogens with two attached hydrogens (primary N) is 1. The van der Waals surface area contributed by atoms with Gasteiger partial charge in [-0.3, -0.25) is 0 Å². The highest BCUT2D eigenvalue weighted by Gasteiger charge is 2.18. The molecule has 2 N–H and O–H groups in total. The molecule has 114 valence electrons. The Morgan fingerprint density at radius 1 is 1.29 bits per heavy atom. The summed E-state index contributed by atoms with van der Waals surface area (Å²) in [5.41, 5.74) is 5.83. The Labute approximate surface area is 118 Å². The summed E-state index contributed by atoms with van der Waals surface area (Å²) in [6.07, 6.45) is 1.26. The maximum absolute atomic E-state index is 13.2. The van der Waals surface area contributed by atoms with Crippen molar-refractivity contribution in [2.75, 3.05) is 13.7 Å². The lowest BCUT2D eigenvalue weighted by Gasteiger charge is -2.05. The van der Waals surface area contributed by atoms with Crippen LogP contribution in [0.3, 0.4) is 0 Å². The third kappa shape index (κ3) is 3.59. The second kappa shape index (κ2) is 6.68. The van der Waals surface area contributed by atoms with E-state index in [1.165, 1.54) is 0 Å². The maximum atomic E-state index is 13.2. The molecule has 0 saturated heterocycles. The number of nitrogens with zero attached hydrogens (tertiary/aromatic N) is 2. The number of halogens is 3. The van der Waals surface area contributed by atoms with Crippen LogP contribution in [0.1, 0.15) is 24.8 Å². The van der Waals surface area contributed by atoms with E-state index in [-0.39, 0.29) is 17.3 Å². The molecule has 0 aliphatic rings. The van der Waals surface area contributed by atoms with Gasteiger partial charge in [-0.1, -0.05) is 5.16 Å². The first-order valence-electron chi connectivity index (χ1n) is 6.26. The molecule has 0 spiro atoms. The van der Waals surface area contributed by atoms with Gasteiger partial charge in [0.2, 0.25) is 11.7 Å². The lowest BCUT2D eigenvalue weighted by molar-refractivity contribution is 0.188. The van der Waals surface area contributed by atoms with E-state index < -0.39 is 23.5 Å². The van der Waals surface area contributed by atoms with E-state index in [2.05, 4.69) is 10.1 Å². The van der Waals surface area contributed by atoms with E-state index in [1.54, 1.807) is 7.11 Å². The normalized spacial score (nSPS) is 12.6. The van der Waals surface area contributed by atoms with Crippen molar-refractivity contribution in [3.05, 3.63) is 35.5 Å². The molecule has 1 heterocycles. The maximum Gasteiger partial charge on any atom is 0.243 e. The van der Waals surface area contributed by atoms with Gasteiger partial charge in [0.1, 0.15) is 0 Å². The van der Waals surface area contributed by atoms with Crippen LogP contribution in [0.2, 0.25) is 0 Å². The molecule has 0 bridgehead atoms. The van der Waals surface area contributed by atoms with Crippen LogP contribution < -0.4 is 5.73 Å². The predicted molar refractivity (Wildman–Crippen MR) is 67.6 cm³/mol. The molecule has 1 aromatic heterocycles. The average Bonchev–Trinajstić information content (AvgIpc) is 2.94. The minimum Gasteiger partial charge on any atom is -0.385 e. The van der Waals surface area contributed by atoms with Gasteiger partial charge in [-0.25, -0.2) is 13.2 Å². The molecule has 2 aromatic rings. The number of benzene rings is 1. The van der Waals surface area contributed by atoms with Gasteiger partial charge in [0, 0.05) is 19.3 Å². The molecule has 8 heteroatoms. The molecular weight excluding hydrogens is 287 g/mol. The zero-order valence-corrected chi connectivity index (χ0v) is 11.3. The van der Waals surface area contributed by atoms with E-state index >= 15 is 0 Å². The molecule has 0 amide bonds. The van der Waals surface area contributed by atoms with Crippen LogP contribution in [0.4, 0.5) is 13.2 Å². The van der Waals surface area contributed by atoms with Gasteiger partial charge in [-0.15, -0.1) is 0 Å². The lowest BCUT2D eigenvalue weighted by atomic mass is 10.1. The van der Waals surface area contributed by atoms with Crippen molar-refractivity contribution in [3.63, 3.8) is 0 Å². The smallest absolute Gasteiger partial charge is 0.243 e. The highest BCUT2D eigenvalue weighted by Crippen LogP contribution is 2.23. The Morgan fingerprint density at radius 3 is 2.57 bits per heavy atom. The van der Waals surface area contributed by atoms with E-state index in [1.807, 2.05) is 0 Å². The summed E-state index contributed by atoms with van der Waals surface area (Å²) in [4.78, 5) is 3.97. The monoisotopic (exact) mass is 301 g/mol. The van der Waals surface area contributed by atoms with Crippen molar-refractivity contribution in [3.8, 4) is 11.4 Å². The van der Waals surface area contributed by atoms with Crippen LogP contribution in [-0.2, 0) is 4.74 Å². The summed E-state index contributed by atoms with van der Waals surface area (Å²) < 4.78 is 49.1. The Bertz CT molecular complexity index is 595. The third-order valence-corrected chi connectivity index (χ3v) is 2.86. The van der Waals surface area contributed by atoms with Crippen molar-refractivity contribution >= 4 is 0 Å². The van der Waals surface area contributed by atoms with E-state index in [9.17, 15) is 13.2 Å². The van der Waals surface area contributed by atoms with Crippen LogP contribution in [0, 0.1) is 17.5 Å². The molecule has 1 aromatic carbocycles. The van der Waals surface area contributed by atoms with Crippen LogP contribution in [0.5, 0.6) is 0 Å². The van der Waals surface area contributed by atoms with Gasteiger partial charge in [0.15, 0.2) is 17.5 Å². The highest BCUT2D eigenvalue weighted by atomic mass is 19.2. The number of methoxy groups -OCH3 is 1.